The van der Waals surface area contributed by atoms with Gasteiger partial charge in [0.2, 0.25) is 0 Å². The lowest BCUT2D eigenvalue weighted by Gasteiger charge is -2.61. The van der Waals surface area contributed by atoms with E-state index in [0.29, 0.717) is 75.0 Å². The molecule has 10 nitrogen and oxygen atoms in total. The van der Waals surface area contributed by atoms with Crippen molar-refractivity contribution in [3.05, 3.63) is 48.0 Å². The quantitative estimate of drug-likeness (QED) is 0.110. The number of fused-ring (bicyclic) bond motifs is 11. The van der Waals surface area contributed by atoms with E-state index in [2.05, 4.69) is 60.6 Å². The molecule has 0 aromatic carbocycles. The Morgan fingerprint density at radius 2 is 1.77 bits per heavy atom. The number of aromatic amines is 1. The summed E-state index contributed by atoms with van der Waals surface area (Å²) in [5.41, 5.74) is -1.41. The fourth-order valence-electron chi connectivity index (χ4n) is 16.1. The molecule has 2 aromatic rings. The maximum absolute atomic E-state index is 14.3. The van der Waals surface area contributed by atoms with Gasteiger partial charge in [-0.05, 0) is 149 Å². The molecule has 0 radical (unpaired) electrons. The minimum atomic E-state index is -1.61. The van der Waals surface area contributed by atoms with Crippen LogP contribution in [-0.2, 0) is 20.9 Å². The van der Waals surface area contributed by atoms with Gasteiger partial charge in [0.1, 0.15) is 0 Å². The highest BCUT2D eigenvalue weighted by Crippen LogP contribution is 2.72. The molecule has 0 bridgehead atoms. The molecule has 0 spiro atoms. The lowest BCUT2D eigenvalue weighted by Crippen LogP contribution is -2.64. The lowest BCUT2D eigenvalue weighted by atomic mass is 9.44. The number of nitrogens with one attached hydrogen (secondary N) is 1. The fraction of sp³-hybridized carbons (Fsp3) is 0.731. The highest BCUT2D eigenvalue weighted by molar-refractivity contribution is 5.95. The van der Waals surface area contributed by atoms with Crippen molar-refractivity contribution in [1.82, 2.24) is 9.55 Å². The van der Waals surface area contributed by atoms with E-state index in [1.807, 2.05) is 19.2 Å². The Balaban J connectivity index is 1.09. The number of aromatic nitrogens is 2. The summed E-state index contributed by atoms with van der Waals surface area (Å²) in [6.45, 7) is 9.44. The Bertz CT molecular complexity index is 2180. The number of carbonyl (C=O) groups is 2. The first kappa shape index (κ1) is 42.7. The largest absolute Gasteiger partial charge is 0.465 e. The van der Waals surface area contributed by atoms with Gasteiger partial charge < -0.3 is 39.8 Å². The van der Waals surface area contributed by atoms with Gasteiger partial charge >= 0.3 is 5.97 Å². The highest BCUT2D eigenvalue weighted by Gasteiger charge is 2.73. The van der Waals surface area contributed by atoms with Gasteiger partial charge in [-0.25, -0.2) is 0 Å². The third-order valence-electron chi connectivity index (χ3n) is 19.3. The third-order valence-corrected chi connectivity index (χ3v) is 19.3. The predicted octanol–water partition coefficient (Wildman–Crippen LogP) is 6.88. The summed E-state index contributed by atoms with van der Waals surface area (Å²) in [6, 6.07) is 2.04. The van der Waals surface area contributed by atoms with Crippen LogP contribution in [0.25, 0.3) is 10.9 Å². The number of aliphatic hydroxyl groups is 5. The molecule has 10 heteroatoms. The molecule has 8 aliphatic rings. The van der Waals surface area contributed by atoms with Crippen LogP contribution in [0.5, 0.6) is 0 Å². The number of hydrogen-bond donors (Lipinski definition) is 6. The molecule has 4 saturated carbocycles. The summed E-state index contributed by atoms with van der Waals surface area (Å²) >= 11 is 0. The van der Waals surface area contributed by atoms with Crippen LogP contribution in [0.2, 0.25) is 0 Å². The Morgan fingerprint density at radius 1 is 0.952 bits per heavy atom. The topological polar surface area (TPSA) is 165 Å². The fourth-order valence-corrected chi connectivity index (χ4v) is 16.1. The van der Waals surface area contributed by atoms with Crippen LogP contribution in [-0.4, -0.2) is 83.0 Å². The number of hydrogen-bond acceptors (Lipinski definition) is 8. The molecule has 18 atom stereocenters. The average molecular weight is 851 g/mol. The highest BCUT2D eigenvalue weighted by atomic mass is 16.5. The number of aryl methyl sites for hydroxylation is 1. The van der Waals surface area contributed by atoms with E-state index < -0.39 is 52.2 Å². The van der Waals surface area contributed by atoms with Crippen LogP contribution in [0.1, 0.15) is 118 Å². The van der Waals surface area contributed by atoms with Gasteiger partial charge in [0.15, 0.2) is 5.78 Å². The van der Waals surface area contributed by atoms with Crippen molar-refractivity contribution in [3.63, 3.8) is 0 Å². The molecule has 6 N–H and O–H groups in total. The zero-order valence-electron chi connectivity index (χ0n) is 37.3. The normalized spacial score (nSPS) is 48.0. The van der Waals surface area contributed by atoms with Crippen LogP contribution in [0, 0.1) is 87.8 Å². The van der Waals surface area contributed by atoms with Crippen LogP contribution in [0.15, 0.2) is 48.0 Å². The second kappa shape index (κ2) is 15.5. The number of nitrogens with zero attached hydrogens (tertiary/aromatic N) is 1. The number of aliphatic hydroxyl groups excluding tert-OH is 3. The van der Waals surface area contributed by atoms with Crippen molar-refractivity contribution < 1.29 is 39.9 Å². The van der Waals surface area contributed by atoms with Crippen LogP contribution in [0.4, 0.5) is 0 Å². The molecule has 10 rings (SSSR count). The van der Waals surface area contributed by atoms with E-state index in [0.717, 1.165) is 36.6 Å². The van der Waals surface area contributed by atoms with Crippen LogP contribution < -0.4 is 0 Å². The van der Waals surface area contributed by atoms with Gasteiger partial charge in [-0.1, -0.05) is 38.3 Å². The standard InChI is InChI=1S/C52H70N2O8/c1-29-8-9-31-10-11-36-30(2)19-46(58)50(4,60)48-33(7-5-6-32(20-38(36)37(31)18-29)35-21-47(59)62-28-35)24-52(61)40-22-43(55)41-23-44(56)45(57)25-49(41,3)39(40)12-14-51(48,52)15-17-54-26-34-13-16-53-42(34)27-54/h10,13,16,22,26-27,29-30,32-33,35-39,41,44-46,48,53,56-58,60-61H,7-9,11-12,14-15,17-21,23-25,28H2,1-4H3/t29-,30+,32-,33-,35+,36-,37+,38+,39-,41-,44+,45-,46+,48+,49+,50-,51-,52+/m0/s1. The van der Waals surface area contributed by atoms with E-state index >= 15 is 0 Å². The molecule has 0 unspecified atom stereocenters. The molecular formula is C52H70N2O8. The van der Waals surface area contributed by atoms with Crippen LogP contribution >= 0.6 is 0 Å². The molecule has 2 aromatic heterocycles. The van der Waals surface area contributed by atoms with Crippen molar-refractivity contribution in [2.75, 3.05) is 6.61 Å². The maximum atomic E-state index is 14.3. The van der Waals surface area contributed by atoms with E-state index in [4.69, 9.17) is 4.74 Å². The minimum Gasteiger partial charge on any atom is -0.465 e. The van der Waals surface area contributed by atoms with Crippen molar-refractivity contribution in [2.24, 2.45) is 75.9 Å². The van der Waals surface area contributed by atoms with Gasteiger partial charge in [0.05, 0.1) is 48.1 Å². The second-order valence-corrected chi connectivity index (χ2v) is 22.6. The summed E-state index contributed by atoms with van der Waals surface area (Å²) in [5, 5.41) is 63.0. The monoisotopic (exact) mass is 851 g/mol. The first-order valence-electron chi connectivity index (χ1n) is 24.2. The molecular weight excluding hydrogens is 781 g/mol. The average Bonchev–Trinajstić information content (AvgIpc) is 4.00. The number of esters is 1. The van der Waals surface area contributed by atoms with Crippen molar-refractivity contribution >= 4 is 22.7 Å². The van der Waals surface area contributed by atoms with E-state index in [9.17, 15) is 35.1 Å². The van der Waals surface area contributed by atoms with E-state index in [1.54, 1.807) is 11.6 Å². The summed E-state index contributed by atoms with van der Waals surface area (Å²) in [7, 11) is 0. The van der Waals surface area contributed by atoms with Gasteiger partial charge in [0.25, 0.3) is 0 Å². The zero-order valence-corrected chi connectivity index (χ0v) is 37.3. The zero-order chi connectivity index (χ0) is 43.5. The number of cyclic esters (lactones) is 1. The Kier molecular flexibility index (Phi) is 10.7. The molecule has 3 heterocycles. The maximum Gasteiger partial charge on any atom is 0.306 e. The molecule has 0 amide bonds. The molecule has 62 heavy (non-hydrogen) atoms. The number of carbonyl (C=O) groups excluding carboxylic acids is 2. The third kappa shape index (κ3) is 6.67. The first-order chi connectivity index (χ1) is 29.5. The Morgan fingerprint density at radius 3 is 2.55 bits per heavy atom. The van der Waals surface area contributed by atoms with Gasteiger partial charge in [0, 0.05) is 66.0 Å². The van der Waals surface area contributed by atoms with E-state index in [1.165, 1.54) is 6.42 Å². The molecule has 5 fully saturated rings. The molecule has 1 saturated heterocycles. The number of rotatable bonds is 4. The minimum absolute atomic E-state index is 0.00220. The van der Waals surface area contributed by atoms with Crippen molar-refractivity contribution in [2.45, 2.75) is 154 Å². The SMILES string of the molecule is C[C@H]1CCC2=CC[C@@H]3[C@@H](C[C@@H]([C@H]4COC(=O)C4)C#CC[C@H]4C[C@@]5(O)C6=CC(=O)[C@@H]7C[C@@H](O)[C@@H](O)C[C@]7(C)[C@H]6CC[C@]5(CCn5cc6cc[nH]c6c5)[C@H]4[C@@](C)(O)[C@H](O)C[C@H]3C)[C@@H]2C1. The Hall–Kier alpha value is -3.20. The lowest BCUT2D eigenvalue weighted by molar-refractivity contribution is -0.190. The summed E-state index contributed by atoms with van der Waals surface area (Å²) in [4.78, 5) is 30.3. The van der Waals surface area contributed by atoms with Gasteiger partial charge in [-0.15, -0.1) is 5.92 Å². The molecule has 7 aliphatic carbocycles. The summed E-state index contributed by atoms with van der Waals surface area (Å²) < 4.78 is 7.76. The predicted molar refractivity (Wildman–Crippen MR) is 235 cm³/mol. The smallest absolute Gasteiger partial charge is 0.306 e. The van der Waals surface area contributed by atoms with Crippen molar-refractivity contribution in [1.29, 1.82) is 0 Å². The van der Waals surface area contributed by atoms with Crippen LogP contribution in [0.3, 0.4) is 0 Å². The summed E-state index contributed by atoms with van der Waals surface area (Å²) in [5.74, 6) is 7.35. The van der Waals surface area contributed by atoms with E-state index in [-0.39, 0.29) is 66.5 Å². The van der Waals surface area contributed by atoms with Gasteiger partial charge in [-0.2, -0.15) is 0 Å². The number of ether oxygens (including phenoxy) is 1. The number of H-pyrrole nitrogens is 1. The first-order valence-corrected chi connectivity index (χ1v) is 24.2. The Labute approximate surface area is 367 Å². The second-order valence-electron chi connectivity index (χ2n) is 22.6. The van der Waals surface area contributed by atoms with Gasteiger partial charge in [-0.3, -0.25) is 9.59 Å². The summed E-state index contributed by atoms with van der Waals surface area (Å²) in [6.07, 6.45) is 16.2. The number of allylic oxidation sites excluding steroid dienone is 3. The molecule has 1 aliphatic heterocycles. The van der Waals surface area contributed by atoms with Crippen molar-refractivity contribution in [3.8, 4) is 11.8 Å². The number of ketones is 1. The molecule has 336 valence electrons.